The van der Waals surface area contributed by atoms with Crippen LogP contribution in [0.3, 0.4) is 0 Å². The standard InChI is InChI=1S/C20H27NO4/c1-14(2)25-18-9-7-16(11-20(18)24-5)13-21-12-15-6-8-17(22-3)19(10-15)23-4/h6-11,14,21H,12-13H2,1-5H3. The van der Waals surface area contributed by atoms with Gasteiger partial charge in [0.05, 0.1) is 27.4 Å². The maximum Gasteiger partial charge on any atom is 0.161 e. The zero-order chi connectivity index (χ0) is 18.2. The van der Waals surface area contributed by atoms with Crippen LogP contribution >= 0.6 is 0 Å². The minimum absolute atomic E-state index is 0.114. The van der Waals surface area contributed by atoms with Gasteiger partial charge in [0.25, 0.3) is 0 Å². The molecule has 5 nitrogen and oxygen atoms in total. The van der Waals surface area contributed by atoms with E-state index in [2.05, 4.69) is 5.32 Å². The second-order valence-corrected chi connectivity index (χ2v) is 5.94. The Morgan fingerprint density at radius 1 is 0.720 bits per heavy atom. The third kappa shape index (κ3) is 5.29. The van der Waals surface area contributed by atoms with Crippen LogP contribution in [0.5, 0.6) is 23.0 Å². The lowest BCUT2D eigenvalue weighted by atomic mass is 10.1. The Morgan fingerprint density at radius 2 is 1.20 bits per heavy atom. The monoisotopic (exact) mass is 345 g/mol. The zero-order valence-electron chi connectivity index (χ0n) is 15.6. The van der Waals surface area contributed by atoms with E-state index in [0.717, 1.165) is 47.2 Å². The van der Waals surface area contributed by atoms with Crippen LogP contribution in [0.4, 0.5) is 0 Å². The quantitative estimate of drug-likeness (QED) is 0.749. The van der Waals surface area contributed by atoms with E-state index in [4.69, 9.17) is 18.9 Å². The van der Waals surface area contributed by atoms with E-state index >= 15 is 0 Å². The summed E-state index contributed by atoms with van der Waals surface area (Å²) in [5, 5.41) is 3.43. The van der Waals surface area contributed by atoms with E-state index in [1.807, 2.05) is 50.2 Å². The number of hydrogen-bond donors (Lipinski definition) is 1. The van der Waals surface area contributed by atoms with Gasteiger partial charge in [-0.25, -0.2) is 0 Å². The summed E-state index contributed by atoms with van der Waals surface area (Å²) in [5.74, 6) is 2.98. The number of ether oxygens (including phenoxy) is 4. The van der Waals surface area contributed by atoms with Gasteiger partial charge in [0.2, 0.25) is 0 Å². The van der Waals surface area contributed by atoms with E-state index in [0.29, 0.717) is 0 Å². The van der Waals surface area contributed by atoms with Gasteiger partial charge in [0.15, 0.2) is 23.0 Å². The molecule has 0 fully saturated rings. The molecule has 0 radical (unpaired) electrons. The first kappa shape index (κ1) is 18.9. The summed E-state index contributed by atoms with van der Waals surface area (Å²) < 4.78 is 21.8. The smallest absolute Gasteiger partial charge is 0.161 e. The largest absolute Gasteiger partial charge is 0.493 e. The predicted molar refractivity (Wildman–Crippen MR) is 98.8 cm³/mol. The van der Waals surface area contributed by atoms with E-state index in [9.17, 15) is 0 Å². The van der Waals surface area contributed by atoms with Crippen molar-refractivity contribution < 1.29 is 18.9 Å². The van der Waals surface area contributed by atoms with Crippen molar-refractivity contribution in [2.45, 2.75) is 33.0 Å². The lowest BCUT2D eigenvalue weighted by molar-refractivity contribution is 0.230. The van der Waals surface area contributed by atoms with E-state index < -0.39 is 0 Å². The summed E-state index contributed by atoms with van der Waals surface area (Å²) in [5.41, 5.74) is 2.26. The van der Waals surface area contributed by atoms with Crippen LogP contribution in [0.25, 0.3) is 0 Å². The van der Waals surface area contributed by atoms with E-state index in [1.165, 1.54) is 0 Å². The van der Waals surface area contributed by atoms with Gasteiger partial charge < -0.3 is 24.3 Å². The summed E-state index contributed by atoms with van der Waals surface area (Å²) >= 11 is 0. The highest BCUT2D eigenvalue weighted by Gasteiger charge is 2.08. The number of benzene rings is 2. The minimum Gasteiger partial charge on any atom is -0.493 e. The Bertz CT molecular complexity index is 685. The van der Waals surface area contributed by atoms with Crippen molar-refractivity contribution in [2.24, 2.45) is 0 Å². The number of hydrogen-bond acceptors (Lipinski definition) is 5. The van der Waals surface area contributed by atoms with E-state index in [1.54, 1.807) is 21.3 Å². The van der Waals surface area contributed by atoms with Crippen LogP contribution in [-0.2, 0) is 13.1 Å². The molecule has 0 aliphatic rings. The zero-order valence-corrected chi connectivity index (χ0v) is 15.6. The third-order valence-electron chi connectivity index (χ3n) is 3.70. The van der Waals surface area contributed by atoms with Crippen molar-refractivity contribution in [1.29, 1.82) is 0 Å². The highest BCUT2D eigenvalue weighted by atomic mass is 16.5. The Morgan fingerprint density at radius 3 is 1.68 bits per heavy atom. The molecule has 25 heavy (non-hydrogen) atoms. The fourth-order valence-electron chi connectivity index (χ4n) is 2.52. The van der Waals surface area contributed by atoms with Gasteiger partial charge in [0.1, 0.15) is 0 Å². The maximum atomic E-state index is 5.74. The molecule has 0 spiro atoms. The molecular formula is C20H27NO4. The molecule has 5 heteroatoms. The summed E-state index contributed by atoms with van der Waals surface area (Å²) in [4.78, 5) is 0. The van der Waals surface area contributed by atoms with Crippen LogP contribution < -0.4 is 24.3 Å². The lowest BCUT2D eigenvalue weighted by Gasteiger charge is -2.15. The van der Waals surface area contributed by atoms with Crippen LogP contribution in [-0.4, -0.2) is 27.4 Å². The van der Waals surface area contributed by atoms with Gasteiger partial charge >= 0.3 is 0 Å². The molecule has 2 aromatic carbocycles. The molecule has 0 bridgehead atoms. The summed E-state index contributed by atoms with van der Waals surface area (Å²) in [6, 6.07) is 11.9. The molecule has 0 aliphatic heterocycles. The van der Waals surface area contributed by atoms with Gasteiger partial charge in [0, 0.05) is 13.1 Å². The van der Waals surface area contributed by atoms with E-state index in [-0.39, 0.29) is 6.10 Å². The first-order chi connectivity index (χ1) is 12.1. The summed E-state index contributed by atoms with van der Waals surface area (Å²) in [6.07, 6.45) is 0.114. The van der Waals surface area contributed by atoms with Crippen LogP contribution in [0.15, 0.2) is 36.4 Å². The van der Waals surface area contributed by atoms with Crippen molar-refractivity contribution in [3.63, 3.8) is 0 Å². The molecule has 0 saturated carbocycles. The Kier molecular flexibility index (Phi) is 6.95. The van der Waals surface area contributed by atoms with Crippen LogP contribution in [0.2, 0.25) is 0 Å². The van der Waals surface area contributed by atoms with Gasteiger partial charge in [-0.2, -0.15) is 0 Å². The minimum atomic E-state index is 0.114. The predicted octanol–water partition coefficient (Wildman–Crippen LogP) is 3.79. The first-order valence-corrected chi connectivity index (χ1v) is 8.32. The molecule has 0 saturated heterocycles. The number of nitrogens with one attached hydrogen (secondary N) is 1. The number of methoxy groups -OCH3 is 3. The van der Waals surface area contributed by atoms with Crippen molar-refractivity contribution in [2.75, 3.05) is 21.3 Å². The van der Waals surface area contributed by atoms with Crippen LogP contribution in [0.1, 0.15) is 25.0 Å². The topological polar surface area (TPSA) is 49.0 Å². The Labute approximate surface area is 149 Å². The molecule has 0 aliphatic carbocycles. The van der Waals surface area contributed by atoms with Gasteiger partial charge in [-0.15, -0.1) is 0 Å². The van der Waals surface area contributed by atoms with Gasteiger partial charge in [-0.05, 0) is 49.2 Å². The molecule has 0 amide bonds. The fraction of sp³-hybridized carbons (Fsp3) is 0.400. The molecule has 2 aromatic rings. The molecule has 136 valence electrons. The average Bonchev–Trinajstić information content (AvgIpc) is 2.62. The Balaban J connectivity index is 1.97. The lowest BCUT2D eigenvalue weighted by Crippen LogP contribution is -2.13. The average molecular weight is 345 g/mol. The van der Waals surface area contributed by atoms with Gasteiger partial charge in [-0.3, -0.25) is 0 Å². The van der Waals surface area contributed by atoms with Gasteiger partial charge in [-0.1, -0.05) is 12.1 Å². The molecular weight excluding hydrogens is 318 g/mol. The molecule has 0 atom stereocenters. The number of rotatable bonds is 9. The Hall–Kier alpha value is -2.40. The second-order valence-electron chi connectivity index (χ2n) is 5.94. The normalized spacial score (nSPS) is 10.6. The molecule has 2 rings (SSSR count). The second kappa shape index (κ2) is 9.18. The van der Waals surface area contributed by atoms with Crippen molar-refractivity contribution >= 4 is 0 Å². The molecule has 1 N–H and O–H groups in total. The van der Waals surface area contributed by atoms with Crippen molar-refractivity contribution in [3.8, 4) is 23.0 Å². The maximum absolute atomic E-state index is 5.74. The third-order valence-corrected chi connectivity index (χ3v) is 3.70. The summed E-state index contributed by atoms with van der Waals surface area (Å²) in [7, 11) is 4.93. The highest BCUT2D eigenvalue weighted by Crippen LogP contribution is 2.29. The van der Waals surface area contributed by atoms with Crippen molar-refractivity contribution in [3.05, 3.63) is 47.5 Å². The van der Waals surface area contributed by atoms with Crippen LogP contribution in [0, 0.1) is 0 Å². The molecule has 0 heterocycles. The first-order valence-electron chi connectivity index (χ1n) is 8.32. The molecule has 0 unspecified atom stereocenters. The summed E-state index contributed by atoms with van der Waals surface area (Å²) in [6.45, 7) is 5.45. The SMILES string of the molecule is COc1ccc(CNCc2ccc(OC(C)C)c(OC)c2)cc1OC. The molecule has 0 aromatic heterocycles. The highest BCUT2D eigenvalue weighted by molar-refractivity contribution is 5.44. The van der Waals surface area contributed by atoms with Crippen molar-refractivity contribution in [1.82, 2.24) is 5.32 Å². The fourth-order valence-corrected chi connectivity index (χ4v) is 2.52.